The van der Waals surface area contributed by atoms with Gasteiger partial charge < -0.3 is 4.90 Å². The molecule has 3 rings (SSSR count). The number of likely N-dealkylation sites (tertiary alicyclic amines) is 1. The van der Waals surface area contributed by atoms with E-state index in [9.17, 15) is 4.79 Å². The molecule has 1 aliphatic heterocycles. The van der Waals surface area contributed by atoms with Crippen LogP contribution in [-0.4, -0.2) is 43.6 Å². The van der Waals surface area contributed by atoms with E-state index in [1.807, 2.05) is 15.6 Å². The number of carbonyl (C=O) groups is 1. The van der Waals surface area contributed by atoms with Gasteiger partial charge in [0.05, 0.1) is 11.4 Å². The minimum atomic E-state index is 0.158. The van der Waals surface area contributed by atoms with Gasteiger partial charge in [-0.2, -0.15) is 5.10 Å². The standard InChI is InChI=1S/C16H21N5O/c1-3-21-15(4-6-19-21)16-14(17-7-8-18-16)10-13-5-9-20(11-13)12(2)22/h4,6-8,13H,3,5,9-11H2,1-2H3. The molecule has 22 heavy (non-hydrogen) atoms. The maximum absolute atomic E-state index is 11.5. The first-order valence-corrected chi connectivity index (χ1v) is 7.76. The smallest absolute Gasteiger partial charge is 0.219 e. The van der Waals surface area contributed by atoms with E-state index in [2.05, 4.69) is 22.0 Å². The molecule has 0 radical (unpaired) electrons. The van der Waals surface area contributed by atoms with E-state index in [1.165, 1.54) is 0 Å². The van der Waals surface area contributed by atoms with Crippen LogP contribution in [-0.2, 0) is 17.8 Å². The fraction of sp³-hybridized carbons (Fsp3) is 0.500. The normalized spacial score (nSPS) is 17.9. The maximum Gasteiger partial charge on any atom is 0.219 e. The number of carbonyl (C=O) groups excluding carboxylic acids is 1. The number of nitrogens with zero attached hydrogens (tertiary/aromatic N) is 5. The van der Waals surface area contributed by atoms with Crippen LogP contribution in [0, 0.1) is 5.92 Å². The van der Waals surface area contributed by atoms with E-state index >= 15 is 0 Å². The van der Waals surface area contributed by atoms with Gasteiger partial charge in [0.15, 0.2) is 0 Å². The van der Waals surface area contributed by atoms with E-state index in [1.54, 1.807) is 25.5 Å². The summed E-state index contributed by atoms with van der Waals surface area (Å²) in [4.78, 5) is 22.4. The first-order chi connectivity index (χ1) is 10.7. The van der Waals surface area contributed by atoms with Crippen LogP contribution in [0.25, 0.3) is 11.4 Å². The maximum atomic E-state index is 11.5. The summed E-state index contributed by atoms with van der Waals surface area (Å²) in [6, 6.07) is 1.98. The van der Waals surface area contributed by atoms with Crippen molar-refractivity contribution in [3.05, 3.63) is 30.4 Å². The molecule has 116 valence electrons. The fourth-order valence-corrected chi connectivity index (χ4v) is 3.07. The average molecular weight is 299 g/mol. The largest absolute Gasteiger partial charge is 0.343 e. The van der Waals surface area contributed by atoms with Gasteiger partial charge in [-0.05, 0) is 31.7 Å². The number of hydrogen-bond acceptors (Lipinski definition) is 4. The molecule has 0 bridgehead atoms. The number of hydrogen-bond donors (Lipinski definition) is 0. The minimum Gasteiger partial charge on any atom is -0.343 e. The summed E-state index contributed by atoms with van der Waals surface area (Å²) in [6.45, 7) is 6.17. The summed E-state index contributed by atoms with van der Waals surface area (Å²) >= 11 is 0. The molecular weight excluding hydrogens is 278 g/mol. The lowest BCUT2D eigenvalue weighted by Crippen LogP contribution is -2.26. The fourth-order valence-electron chi connectivity index (χ4n) is 3.07. The Kier molecular flexibility index (Phi) is 4.18. The zero-order valence-corrected chi connectivity index (χ0v) is 13.1. The summed E-state index contributed by atoms with van der Waals surface area (Å²) in [5.41, 5.74) is 2.91. The second-order valence-corrected chi connectivity index (χ2v) is 5.71. The molecule has 1 unspecified atom stereocenters. The first-order valence-electron chi connectivity index (χ1n) is 7.76. The monoisotopic (exact) mass is 299 g/mol. The Bertz CT molecular complexity index is 666. The van der Waals surface area contributed by atoms with Gasteiger partial charge in [0.1, 0.15) is 5.69 Å². The second-order valence-electron chi connectivity index (χ2n) is 5.71. The summed E-state index contributed by atoms with van der Waals surface area (Å²) < 4.78 is 1.93. The van der Waals surface area contributed by atoms with Crippen molar-refractivity contribution < 1.29 is 4.79 Å². The Hall–Kier alpha value is -2.24. The van der Waals surface area contributed by atoms with Crippen molar-refractivity contribution in [1.29, 1.82) is 0 Å². The molecule has 2 aromatic rings. The van der Waals surface area contributed by atoms with Crippen LogP contribution in [0.5, 0.6) is 0 Å². The third kappa shape index (κ3) is 2.86. The van der Waals surface area contributed by atoms with Crippen molar-refractivity contribution >= 4 is 5.91 Å². The second kappa shape index (κ2) is 6.25. The third-order valence-electron chi connectivity index (χ3n) is 4.25. The topological polar surface area (TPSA) is 63.9 Å². The SMILES string of the molecule is CCn1nccc1-c1nccnc1CC1CCN(C(C)=O)C1. The van der Waals surface area contributed by atoms with E-state index in [0.29, 0.717) is 5.92 Å². The average Bonchev–Trinajstić information content (AvgIpc) is 3.16. The zero-order valence-electron chi connectivity index (χ0n) is 13.1. The summed E-state index contributed by atoms with van der Waals surface area (Å²) in [6.07, 6.45) is 7.14. The van der Waals surface area contributed by atoms with Crippen molar-refractivity contribution in [3.63, 3.8) is 0 Å². The summed E-state index contributed by atoms with van der Waals surface area (Å²) in [5.74, 6) is 0.614. The Balaban J connectivity index is 1.82. The summed E-state index contributed by atoms with van der Waals surface area (Å²) in [5, 5.41) is 4.32. The van der Waals surface area contributed by atoms with Gasteiger partial charge in [0.2, 0.25) is 5.91 Å². The molecular formula is C16H21N5O. The molecule has 1 saturated heterocycles. The van der Waals surface area contributed by atoms with Crippen LogP contribution in [0.1, 0.15) is 26.0 Å². The molecule has 2 aromatic heterocycles. The molecule has 1 amide bonds. The molecule has 1 fully saturated rings. The number of aryl methyl sites for hydroxylation is 1. The lowest BCUT2D eigenvalue weighted by atomic mass is 10.0. The molecule has 1 atom stereocenters. The van der Waals surface area contributed by atoms with Gasteiger partial charge >= 0.3 is 0 Å². The van der Waals surface area contributed by atoms with Crippen LogP contribution in [0.4, 0.5) is 0 Å². The van der Waals surface area contributed by atoms with E-state index in [4.69, 9.17) is 0 Å². The highest BCUT2D eigenvalue weighted by atomic mass is 16.2. The molecule has 3 heterocycles. The Morgan fingerprint density at radius 3 is 2.86 bits per heavy atom. The molecule has 6 nitrogen and oxygen atoms in total. The lowest BCUT2D eigenvalue weighted by molar-refractivity contribution is -0.127. The van der Waals surface area contributed by atoms with Crippen molar-refractivity contribution in [1.82, 2.24) is 24.6 Å². The van der Waals surface area contributed by atoms with Gasteiger partial charge in [0, 0.05) is 45.1 Å². The van der Waals surface area contributed by atoms with Crippen molar-refractivity contribution in [2.45, 2.75) is 33.2 Å². The van der Waals surface area contributed by atoms with Crippen LogP contribution in [0.15, 0.2) is 24.7 Å². The first kappa shape index (κ1) is 14.7. The Morgan fingerprint density at radius 2 is 2.14 bits per heavy atom. The Morgan fingerprint density at radius 1 is 1.32 bits per heavy atom. The number of rotatable bonds is 4. The van der Waals surface area contributed by atoms with Gasteiger partial charge in [-0.1, -0.05) is 0 Å². The van der Waals surface area contributed by atoms with Crippen LogP contribution in [0.3, 0.4) is 0 Å². The molecule has 0 aliphatic carbocycles. The molecule has 1 aliphatic rings. The van der Waals surface area contributed by atoms with Crippen molar-refractivity contribution in [2.75, 3.05) is 13.1 Å². The molecule has 0 spiro atoms. The van der Waals surface area contributed by atoms with Gasteiger partial charge in [-0.3, -0.25) is 19.4 Å². The zero-order chi connectivity index (χ0) is 15.5. The molecule has 0 aromatic carbocycles. The Labute approximate surface area is 130 Å². The van der Waals surface area contributed by atoms with Gasteiger partial charge in [0.25, 0.3) is 0 Å². The highest BCUT2D eigenvalue weighted by Gasteiger charge is 2.26. The predicted octanol–water partition coefficient (Wildman–Crippen LogP) is 1.77. The van der Waals surface area contributed by atoms with Gasteiger partial charge in [-0.15, -0.1) is 0 Å². The lowest BCUT2D eigenvalue weighted by Gasteiger charge is -2.15. The summed E-state index contributed by atoms with van der Waals surface area (Å²) in [7, 11) is 0. The third-order valence-corrected chi connectivity index (χ3v) is 4.25. The van der Waals surface area contributed by atoms with Crippen LogP contribution < -0.4 is 0 Å². The molecule has 0 saturated carbocycles. The van der Waals surface area contributed by atoms with E-state index < -0.39 is 0 Å². The van der Waals surface area contributed by atoms with Crippen LogP contribution in [0.2, 0.25) is 0 Å². The highest BCUT2D eigenvalue weighted by Crippen LogP contribution is 2.25. The molecule has 0 N–H and O–H groups in total. The van der Waals surface area contributed by atoms with E-state index in [0.717, 1.165) is 49.6 Å². The number of aromatic nitrogens is 4. The van der Waals surface area contributed by atoms with Crippen molar-refractivity contribution in [3.8, 4) is 11.4 Å². The predicted molar refractivity (Wildman–Crippen MR) is 83.0 cm³/mol. The highest BCUT2D eigenvalue weighted by molar-refractivity contribution is 5.73. The van der Waals surface area contributed by atoms with E-state index in [-0.39, 0.29) is 5.91 Å². The van der Waals surface area contributed by atoms with Crippen LogP contribution >= 0.6 is 0 Å². The number of amides is 1. The van der Waals surface area contributed by atoms with Gasteiger partial charge in [-0.25, -0.2) is 0 Å². The minimum absolute atomic E-state index is 0.158. The van der Waals surface area contributed by atoms with Crippen molar-refractivity contribution in [2.24, 2.45) is 5.92 Å². The molecule has 6 heteroatoms. The quantitative estimate of drug-likeness (QED) is 0.863.